The number of benzene rings is 2. The van der Waals surface area contributed by atoms with Crippen molar-refractivity contribution in [2.24, 2.45) is 0 Å². The number of rotatable bonds is 5. The Labute approximate surface area is 137 Å². The van der Waals surface area contributed by atoms with E-state index >= 15 is 0 Å². The molecule has 1 unspecified atom stereocenters. The molecule has 3 nitrogen and oxygen atoms in total. The molecule has 0 bridgehead atoms. The van der Waals surface area contributed by atoms with E-state index in [2.05, 4.69) is 21.2 Å². The van der Waals surface area contributed by atoms with Crippen LogP contribution in [-0.2, 0) is 11.2 Å². The standard InChI is InChI=1S/C17H17BrFNO2/c1-3-12-5-4-6-14(9-12)22-11(2)17(21)20-16-8-7-13(18)10-15(16)19/h4-11H,3H2,1-2H3,(H,20,21). The summed E-state index contributed by atoms with van der Waals surface area (Å²) in [6, 6.07) is 12.0. The minimum Gasteiger partial charge on any atom is -0.481 e. The molecule has 2 aromatic rings. The van der Waals surface area contributed by atoms with E-state index in [-0.39, 0.29) is 5.69 Å². The lowest BCUT2D eigenvalue weighted by molar-refractivity contribution is -0.122. The van der Waals surface area contributed by atoms with Crippen molar-refractivity contribution in [2.45, 2.75) is 26.4 Å². The van der Waals surface area contributed by atoms with Gasteiger partial charge in [0.2, 0.25) is 0 Å². The van der Waals surface area contributed by atoms with E-state index in [0.29, 0.717) is 10.2 Å². The highest BCUT2D eigenvalue weighted by Gasteiger charge is 2.16. The zero-order valence-electron chi connectivity index (χ0n) is 12.4. The first kappa shape index (κ1) is 16.5. The van der Waals surface area contributed by atoms with E-state index in [1.165, 1.54) is 12.1 Å². The summed E-state index contributed by atoms with van der Waals surface area (Å²) in [6.07, 6.45) is 0.164. The molecule has 116 valence electrons. The lowest BCUT2D eigenvalue weighted by Gasteiger charge is -2.15. The normalized spacial score (nSPS) is 11.8. The largest absolute Gasteiger partial charge is 0.481 e. The SMILES string of the molecule is CCc1cccc(OC(C)C(=O)Nc2ccc(Br)cc2F)c1. The highest BCUT2D eigenvalue weighted by Crippen LogP contribution is 2.20. The van der Waals surface area contributed by atoms with Crippen LogP contribution in [0.5, 0.6) is 5.75 Å². The molecule has 0 fully saturated rings. The third kappa shape index (κ3) is 4.31. The summed E-state index contributed by atoms with van der Waals surface area (Å²) in [7, 11) is 0. The summed E-state index contributed by atoms with van der Waals surface area (Å²) in [6.45, 7) is 3.68. The van der Waals surface area contributed by atoms with Gasteiger partial charge in [-0.25, -0.2) is 4.39 Å². The fourth-order valence-corrected chi connectivity index (χ4v) is 2.25. The van der Waals surface area contributed by atoms with Crippen LogP contribution in [0.4, 0.5) is 10.1 Å². The average Bonchev–Trinajstić information content (AvgIpc) is 2.50. The topological polar surface area (TPSA) is 38.3 Å². The Balaban J connectivity index is 2.02. The lowest BCUT2D eigenvalue weighted by atomic mass is 10.2. The van der Waals surface area contributed by atoms with Gasteiger partial charge in [0, 0.05) is 4.47 Å². The molecule has 0 saturated heterocycles. The summed E-state index contributed by atoms with van der Waals surface area (Å²) >= 11 is 3.17. The maximum absolute atomic E-state index is 13.7. The van der Waals surface area contributed by atoms with Crippen LogP contribution < -0.4 is 10.1 Å². The molecule has 0 aliphatic heterocycles. The zero-order valence-corrected chi connectivity index (χ0v) is 14.0. The number of carbonyl (C=O) groups is 1. The van der Waals surface area contributed by atoms with Gasteiger partial charge >= 0.3 is 0 Å². The number of hydrogen-bond acceptors (Lipinski definition) is 2. The van der Waals surface area contributed by atoms with E-state index in [1.54, 1.807) is 19.1 Å². The van der Waals surface area contributed by atoms with Crippen molar-refractivity contribution >= 4 is 27.5 Å². The fourth-order valence-electron chi connectivity index (χ4n) is 1.92. The first-order chi connectivity index (χ1) is 10.5. The predicted molar refractivity (Wildman–Crippen MR) is 88.6 cm³/mol. The van der Waals surface area contributed by atoms with Crippen LogP contribution in [-0.4, -0.2) is 12.0 Å². The third-order valence-corrected chi connectivity index (χ3v) is 3.67. The summed E-state index contributed by atoms with van der Waals surface area (Å²) in [5.41, 5.74) is 1.26. The van der Waals surface area contributed by atoms with E-state index in [9.17, 15) is 9.18 Å². The van der Waals surface area contributed by atoms with Gasteiger partial charge < -0.3 is 10.1 Å². The molecule has 1 N–H and O–H groups in total. The van der Waals surface area contributed by atoms with Crippen molar-refractivity contribution in [1.82, 2.24) is 0 Å². The molecule has 0 aliphatic carbocycles. The van der Waals surface area contributed by atoms with Crippen molar-refractivity contribution in [2.75, 3.05) is 5.32 Å². The van der Waals surface area contributed by atoms with Gasteiger partial charge in [-0.05, 0) is 49.2 Å². The molecule has 1 amide bonds. The van der Waals surface area contributed by atoms with E-state index in [4.69, 9.17) is 4.74 Å². The fraction of sp³-hybridized carbons (Fsp3) is 0.235. The Morgan fingerprint density at radius 3 is 2.77 bits per heavy atom. The molecule has 5 heteroatoms. The maximum Gasteiger partial charge on any atom is 0.265 e. The minimum absolute atomic E-state index is 0.131. The average molecular weight is 366 g/mol. The van der Waals surface area contributed by atoms with Gasteiger partial charge in [-0.15, -0.1) is 0 Å². The number of carbonyl (C=O) groups excluding carboxylic acids is 1. The van der Waals surface area contributed by atoms with E-state index in [0.717, 1.165) is 12.0 Å². The lowest BCUT2D eigenvalue weighted by Crippen LogP contribution is -2.30. The van der Waals surface area contributed by atoms with Crippen LogP contribution in [0.15, 0.2) is 46.9 Å². The molecule has 2 rings (SSSR count). The monoisotopic (exact) mass is 365 g/mol. The first-order valence-electron chi connectivity index (χ1n) is 7.01. The Kier molecular flexibility index (Phi) is 5.55. The first-order valence-corrected chi connectivity index (χ1v) is 7.80. The Morgan fingerprint density at radius 2 is 2.09 bits per heavy atom. The highest BCUT2D eigenvalue weighted by molar-refractivity contribution is 9.10. The Morgan fingerprint density at radius 1 is 1.32 bits per heavy atom. The number of aryl methyl sites for hydroxylation is 1. The van der Waals surface area contributed by atoms with Crippen molar-refractivity contribution < 1.29 is 13.9 Å². The molecular formula is C17H17BrFNO2. The van der Waals surface area contributed by atoms with Gasteiger partial charge in [0.05, 0.1) is 5.69 Å². The molecule has 2 aromatic carbocycles. The van der Waals surface area contributed by atoms with Crippen LogP contribution in [0.25, 0.3) is 0 Å². The number of anilines is 1. The molecule has 0 saturated carbocycles. The molecule has 1 atom stereocenters. The second kappa shape index (κ2) is 7.40. The van der Waals surface area contributed by atoms with Crippen LogP contribution in [0, 0.1) is 5.82 Å². The summed E-state index contributed by atoms with van der Waals surface area (Å²) < 4.78 is 19.9. The Bertz CT molecular complexity index is 675. The second-order valence-electron chi connectivity index (χ2n) is 4.87. The number of hydrogen-bond donors (Lipinski definition) is 1. The highest BCUT2D eigenvalue weighted by atomic mass is 79.9. The van der Waals surface area contributed by atoms with Crippen molar-refractivity contribution in [1.29, 1.82) is 0 Å². The zero-order chi connectivity index (χ0) is 16.1. The summed E-state index contributed by atoms with van der Waals surface area (Å²) in [4.78, 5) is 12.1. The molecule has 22 heavy (non-hydrogen) atoms. The Hall–Kier alpha value is -1.88. The van der Waals surface area contributed by atoms with Gasteiger partial charge in [0.1, 0.15) is 11.6 Å². The molecular weight excluding hydrogens is 349 g/mol. The quantitative estimate of drug-likeness (QED) is 0.843. The molecule has 0 radical (unpaired) electrons. The number of amides is 1. The molecule has 0 aliphatic rings. The predicted octanol–water partition coefficient (Wildman–Crippen LogP) is 4.56. The third-order valence-electron chi connectivity index (χ3n) is 3.18. The van der Waals surface area contributed by atoms with Gasteiger partial charge in [-0.1, -0.05) is 35.0 Å². The number of ether oxygens (including phenoxy) is 1. The number of nitrogens with one attached hydrogen (secondary N) is 1. The van der Waals surface area contributed by atoms with Crippen molar-refractivity contribution in [3.63, 3.8) is 0 Å². The van der Waals surface area contributed by atoms with Crippen LogP contribution in [0.3, 0.4) is 0 Å². The van der Waals surface area contributed by atoms with Crippen molar-refractivity contribution in [3.8, 4) is 5.75 Å². The van der Waals surface area contributed by atoms with Gasteiger partial charge in [-0.2, -0.15) is 0 Å². The van der Waals surface area contributed by atoms with Gasteiger partial charge in [-0.3, -0.25) is 4.79 Å². The minimum atomic E-state index is -0.727. The van der Waals surface area contributed by atoms with Crippen LogP contribution >= 0.6 is 15.9 Å². The van der Waals surface area contributed by atoms with E-state index < -0.39 is 17.8 Å². The van der Waals surface area contributed by atoms with Crippen LogP contribution in [0.1, 0.15) is 19.4 Å². The molecule has 0 heterocycles. The van der Waals surface area contributed by atoms with Gasteiger partial charge in [0.15, 0.2) is 6.10 Å². The van der Waals surface area contributed by atoms with Gasteiger partial charge in [0.25, 0.3) is 5.91 Å². The molecule has 0 aromatic heterocycles. The van der Waals surface area contributed by atoms with Crippen molar-refractivity contribution in [3.05, 3.63) is 58.3 Å². The maximum atomic E-state index is 13.7. The number of halogens is 2. The van der Waals surface area contributed by atoms with E-state index in [1.807, 2.05) is 25.1 Å². The summed E-state index contributed by atoms with van der Waals surface area (Å²) in [5, 5.41) is 2.53. The van der Waals surface area contributed by atoms with Crippen LogP contribution in [0.2, 0.25) is 0 Å². The molecule has 0 spiro atoms. The summed E-state index contributed by atoms with van der Waals surface area (Å²) in [5.74, 6) is -0.274. The smallest absolute Gasteiger partial charge is 0.265 e. The second-order valence-corrected chi connectivity index (χ2v) is 5.79.